The van der Waals surface area contributed by atoms with Crippen molar-refractivity contribution in [2.75, 3.05) is 32.8 Å². The lowest BCUT2D eigenvalue weighted by Gasteiger charge is -2.27. The topological polar surface area (TPSA) is 41.6 Å². The van der Waals surface area contributed by atoms with Crippen molar-refractivity contribution in [1.82, 2.24) is 10.2 Å². The number of carbonyl (C=O) groups is 1. The SMILES string of the molecule is CCCCCCC(C)NCC(=O)N1CCOCC1. The first-order valence-corrected chi connectivity index (χ1v) is 7.33. The molecule has 106 valence electrons. The van der Waals surface area contributed by atoms with E-state index in [1.807, 2.05) is 4.90 Å². The smallest absolute Gasteiger partial charge is 0.236 e. The molecule has 0 radical (unpaired) electrons. The quantitative estimate of drug-likeness (QED) is 0.673. The summed E-state index contributed by atoms with van der Waals surface area (Å²) < 4.78 is 5.24. The fraction of sp³-hybridized carbons (Fsp3) is 0.929. The van der Waals surface area contributed by atoms with Crippen LogP contribution >= 0.6 is 0 Å². The number of unbranched alkanes of at least 4 members (excludes halogenated alkanes) is 3. The lowest BCUT2D eigenvalue weighted by molar-refractivity contribution is -0.134. The zero-order valence-electron chi connectivity index (χ0n) is 11.9. The Morgan fingerprint density at radius 3 is 2.67 bits per heavy atom. The molecule has 0 saturated carbocycles. The maximum Gasteiger partial charge on any atom is 0.236 e. The first-order chi connectivity index (χ1) is 8.74. The number of rotatable bonds is 8. The molecule has 1 aliphatic heterocycles. The molecule has 1 amide bonds. The van der Waals surface area contributed by atoms with Gasteiger partial charge < -0.3 is 15.0 Å². The van der Waals surface area contributed by atoms with Gasteiger partial charge in [0.15, 0.2) is 0 Å². The number of ether oxygens (including phenoxy) is 1. The normalized spacial score (nSPS) is 17.8. The van der Waals surface area contributed by atoms with E-state index in [1.54, 1.807) is 0 Å². The minimum Gasteiger partial charge on any atom is -0.378 e. The van der Waals surface area contributed by atoms with E-state index in [0.29, 0.717) is 25.8 Å². The molecule has 1 N–H and O–H groups in total. The van der Waals surface area contributed by atoms with Crippen molar-refractivity contribution in [3.8, 4) is 0 Å². The average molecular weight is 256 g/mol. The van der Waals surface area contributed by atoms with Gasteiger partial charge in [-0.3, -0.25) is 4.79 Å². The number of morpholine rings is 1. The lowest BCUT2D eigenvalue weighted by Crippen LogP contribution is -2.46. The van der Waals surface area contributed by atoms with E-state index in [0.717, 1.165) is 19.5 Å². The zero-order valence-corrected chi connectivity index (χ0v) is 11.9. The van der Waals surface area contributed by atoms with Gasteiger partial charge in [-0.25, -0.2) is 0 Å². The van der Waals surface area contributed by atoms with Crippen LogP contribution in [-0.2, 0) is 9.53 Å². The first-order valence-electron chi connectivity index (χ1n) is 7.33. The lowest BCUT2D eigenvalue weighted by atomic mass is 10.1. The fourth-order valence-corrected chi connectivity index (χ4v) is 2.17. The molecule has 1 rings (SSSR count). The number of nitrogens with zero attached hydrogens (tertiary/aromatic N) is 1. The van der Waals surface area contributed by atoms with Crippen LogP contribution in [-0.4, -0.2) is 49.7 Å². The summed E-state index contributed by atoms with van der Waals surface area (Å²) in [5.41, 5.74) is 0. The first kappa shape index (κ1) is 15.4. The molecule has 0 aromatic carbocycles. The molecule has 18 heavy (non-hydrogen) atoms. The Morgan fingerprint density at radius 1 is 1.28 bits per heavy atom. The van der Waals surface area contributed by atoms with Crippen LogP contribution < -0.4 is 5.32 Å². The van der Waals surface area contributed by atoms with Crippen LogP contribution in [0.4, 0.5) is 0 Å². The predicted molar refractivity (Wildman–Crippen MR) is 73.6 cm³/mol. The van der Waals surface area contributed by atoms with Gasteiger partial charge in [-0.1, -0.05) is 32.6 Å². The van der Waals surface area contributed by atoms with E-state index < -0.39 is 0 Å². The van der Waals surface area contributed by atoms with Gasteiger partial charge in [0.1, 0.15) is 0 Å². The Morgan fingerprint density at radius 2 is 2.00 bits per heavy atom. The largest absolute Gasteiger partial charge is 0.378 e. The Hall–Kier alpha value is -0.610. The number of nitrogens with one attached hydrogen (secondary N) is 1. The van der Waals surface area contributed by atoms with E-state index >= 15 is 0 Å². The van der Waals surface area contributed by atoms with Crippen LogP contribution in [0.15, 0.2) is 0 Å². The molecule has 4 nitrogen and oxygen atoms in total. The second-order valence-electron chi connectivity index (χ2n) is 5.12. The summed E-state index contributed by atoms with van der Waals surface area (Å²) in [6.07, 6.45) is 6.32. The summed E-state index contributed by atoms with van der Waals surface area (Å²) in [7, 11) is 0. The van der Waals surface area contributed by atoms with Gasteiger partial charge in [-0.2, -0.15) is 0 Å². The zero-order chi connectivity index (χ0) is 13.2. The molecule has 1 saturated heterocycles. The molecule has 0 aromatic rings. The Balaban J connectivity index is 2.05. The molecule has 1 aliphatic rings. The van der Waals surface area contributed by atoms with E-state index in [1.165, 1.54) is 25.7 Å². The van der Waals surface area contributed by atoms with Crippen LogP contribution in [0.25, 0.3) is 0 Å². The highest BCUT2D eigenvalue weighted by atomic mass is 16.5. The van der Waals surface area contributed by atoms with Crippen LogP contribution in [0.3, 0.4) is 0 Å². The van der Waals surface area contributed by atoms with Gasteiger partial charge in [0.2, 0.25) is 5.91 Å². The summed E-state index contributed by atoms with van der Waals surface area (Å²) in [4.78, 5) is 13.8. The third-order valence-electron chi connectivity index (χ3n) is 3.46. The van der Waals surface area contributed by atoms with Crippen LogP contribution in [0.1, 0.15) is 46.0 Å². The van der Waals surface area contributed by atoms with Crippen molar-refractivity contribution in [3.05, 3.63) is 0 Å². The molecular weight excluding hydrogens is 228 g/mol. The van der Waals surface area contributed by atoms with Crippen LogP contribution in [0, 0.1) is 0 Å². The van der Waals surface area contributed by atoms with Crippen molar-refractivity contribution in [3.63, 3.8) is 0 Å². The monoisotopic (exact) mass is 256 g/mol. The fourth-order valence-electron chi connectivity index (χ4n) is 2.17. The van der Waals surface area contributed by atoms with Gasteiger partial charge in [-0.15, -0.1) is 0 Å². The van der Waals surface area contributed by atoms with Gasteiger partial charge >= 0.3 is 0 Å². The van der Waals surface area contributed by atoms with Gasteiger partial charge in [0, 0.05) is 19.1 Å². The molecule has 1 heterocycles. The molecule has 1 unspecified atom stereocenters. The van der Waals surface area contributed by atoms with Crippen LogP contribution in [0.5, 0.6) is 0 Å². The Labute approximate surface area is 111 Å². The number of hydrogen-bond acceptors (Lipinski definition) is 3. The molecule has 0 bridgehead atoms. The number of carbonyl (C=O) groups excluding carboxylic acids is 1. The third kappa shape index (κ3) is 6.36. The van der Waals surface area contributed by atoms with E-state index in [4.69, 9.17) is 4.74 Å². The second-order valence-corrected chi connectivity index (χ2v) is 5.12. The second kappa shape index (κ2) is 9.34. The van der Waals surface area contributed by atoms with Gasteiger partial charge in [-0.05, 0) is 13.3 Å². The molecule has 0 spiro atoms. The van der Waals surface area contributed by atoms with Gasteiger partial charge in [0.25, 0.3) is 0 Å². The average Bonchev–Trinajstić information content (AvgIpc) is 2.42. The molecule has 1 fully saturated rings. The third-order valence-corrected chi connectivity index (χ3v) is 3.46. The minimum absolute atomic E-state index is 0.207. The van der Waals surface area contributed by atoms with Crippen LogP contribution in [0.2, 0.25) is 0 Å². The maximum absolute atomic E-state index is 11.9. The summed E-state index contributed by atoms with van der Waals surface area (Å²) in [5, 5.41) is 3.32. The van der Waals surface area contributed by atoms with Crippen molar-refractivity contribution < 1.29 is 9.53 Å². The standard InChI is InChI=1S/C14H28N2O2/c1-3-4-5-6-7-13(2)15-12-14(17)16-8-10-18-11-9-16/h13,15H,3-12H2,1-2H3. The predicted octanol–water partition coefficient (Wildman–Crippen LogP) is 1.79. The molecule has 4 heteroatoms. The van der Waals surface area contributed by atoms with Crippen molar-refractivity contribution in [1.29, 1.82) is 0 Å². The summed E-state index contributed by atoms with van der Waals surface area (Å²) in [5.74, 6) is 0.207. The highest BCUT2D eigenvalue weighted by Crippen LogP contribution is 2.05. The highest BCUT2D eigenvalue weighted by molar-refractivity contribution is 5.78. The molecule has 0 aliphatic carbocycles. The van der Waals surface area contributed by atoms with E-state index in [-0.39, 0.29) is 5.91 Å². The number of amides is 1. The molecule has 0 aromatic heterocycles. The van der Waals surface area contributed by atoms with E-state index in [9.17, 15) is 4.79 Å². The molecule has 1 atom stereocenters. The van der Waals surface area contributed by atoms with Crippen molar-refractivity contribution in [2.45, 2.75) is 52.0 Å². The summed E-state index contributed by atoms with van der Waals surface area (Å²) >= 11 is 0. The van der Waals surface area contributed by atoms with Crippen molar-refractivity contribution in [2.24, 2.45) is 0 Å². The van der Waals surface area contributed by atoms with Crippen molar-refractivity contribution >= 4 is 5.91 Å². The highest BCUT2D eigenvalue weighted by Gasteiger charge is 2.16. The molecular formula is C14H28N2O2. The number of hydrogen-bond donors (Lipinski definition) is 1. The minimum atomic E-state index is 0.207. The Kier molecular flexibility index (Phi) is 8.01. The Bertz CT molecular complexity index is 228. The summed E-state index contributed by atoms with van der Waals surface area (Å²) in [6, 6.07) is 0.437. The maximum atomic E-state index is 11.9. The van der Waals surface area contributed by atoms with E-state index in [2.05, 4.69) is 19.2 Å². The summed E-state index contributed by atoms with van der Waals surface area (Å²) in [6.45, 7) is 7.70. The van der Waals surface area contributed by atoms with Gasteiger partial charge in [0.05, 0.1) is 19.8 Å².